The lowest BCUT2D eigenvalue weighted by molar-refractivity contribution is 0.596. The molecule has 0 atom stereocenters. The van der Waals surface area contributed by atoms with Crippen LogP contribution in [0.4, 0.5) is 0 Å². The van der Waals surface area contributed by atoms with Gasteiger partial charge in [-0.05, 0) is 18.2 Å². The van der Waals surface area contributed by atoms with Gasteiger partial charge in [0, 0.05) is 30.2 Å². The zero-order valence-electron chi connectivity index (χ0n) is 11.4. The molecule has 2 N–H and O–H groups in total. The third-order valence-corrected chi connectivity index (χ3v) is 5.26. The molecule has 0 radical (unpaired) electrons. The molecule has 0 unspecified atom stereocenters. The first-order valence-electron chi connectivity index (χ1n) is 6.72. The van der Waals surface area contributed by atoms with Crippen molar-refractivity contribution in [3.05, 3.63) is 60.8 Å². The van der Waals surface area contributed by atoms with Gasteiger partial charge in [-0.3, -0.25) is 0 Å². The van der Waals surface area contributed by atoms with Gasteiger partial charge in [-0.15, -0.1) is 0 Å². The molecular formula is C16H16N2O2S. The van der Waals surface area contributed by atoms with E-state index in [2.05, 4.69) is 0 Å². The van der Waals surface area contributed by atoms with E-state index >= 15 is 0 Å². The molecule has 21 heavy (non-hydrogen) atoms. The average molecular weight is 300 g/mol. The topological polar surface area (TPSA) is 65.1 Å². The minimum Gasteiger partial charge on any atom is -0.345 e. The third kappa shape index (κ3) is 2.34. The molecule has 0 saturated carbocycles. The Morgan fingerprint density at radius 1 is 0.952 bits per heavy atom. The predicted octanol–water partition coefficient (Wildman–Crippen LogP) is 2.43. The number of hydrogen-bond donors (Lipinski definition) is 1. The van der Waals surface area contributed by atoms with Gasteiger partial charge in [-0.1, -0.05) is 36.4 Å². The second-order valence-electron chi connectivity index (χ2n) is 4.81. The van der Waals surface area contributed by atoms with E-state index in [1.54, 1.807) is 36.5 Å². The lowest BCUT2D eigenvalue weighted by Crippen LogP contribution is -2.08. The van der Waals surface area contributed by atoms with Crippen LogP contribution < -0.4 is 5.73 Å². The van der Waals surface area contributed by atoms with E-state index in [9.17, 15) is 8.42 Å². The lowest BCUT2D eigenvalue weighted by atomic mass is 10.2. The highest BCUT2D eigenvalue weighted by atomic mass is 32.2. The fourth-order valence-corrected chi connectivity index (χ4v) is 3.98. The van der Waals surface area contributed by atoms with Gasteiger partial charge in [-0.25, -0.2) is 8.42 Å². The Labute approximate surface area is 123 Å². The van der Waals surface area contributed by atoms with Gasteiger partial charge >= 0.3 is 0 Å². The third-order valence-electron chi connectivity index (χ3n) is 3.47. The molecule has 0 aliphatic carbocycles. The molecule has 0 amide bonds. The maximum atomic E-state index is 12.8. The summed E-state index contributed by atoms with van der Waals surface area (Å²) in [5.74, 6) is 0. The minimum atomic E-state index is -3.52. The zero-order chi connectivity index (χ0) is 14.9. The van der Waals surface area contributed by atoms with Crippen LogP contribution in [0.1, 0.15) is 0 Å². The molecule has 1 aromatic heterocycles. The number of para-hydroxylation sites is 1. The monoisotopic (exact) mass is 300 g/mol. The summed E-state index contributed by atoms with van der Waals surface area (Å²) in [5, 5.41) is 0.731. The number of nitrogens with two attached hydrogens (primary N) is 1. The van der Waals surface area contributed by atoms with Crippen LogP contribution >= 0.6 is 0 Å². The molecule has 0 aliphatic rings. The summed E-state index contributed by atoms with van der Waals surface area (Å²) in [5.41, 5.74) is 6.50. The van der Waals surface area contributed by atoms with E-state index in [4.69, 9.17) is 5.73 Å². The van der Waals surface area contributed by atoms with Crippen molar-refractivity contribution in [3.63, 3.8) is 0 Å². The van der Waals surface area contributed by atoms with Crippen LogP contribution in [0.2, 0.25) is 0 Å². The maximum Gasteiger partial charge on any atom is 0.208 e. The molecule has 0 bridgehead atoms. The molecule has 4 nitrogen and oxygen atoms in total. The van der Waals surface area contributed by atoms with Crippen LogP contribution in [0.25, 0.3) is 10.9 Å². The molecule has 108 valence electrons. The van der Waals surface area contributed by atoms with E-state index in [1.807, 2.05) is 28.8 Å². The van der Waals surface area contributed by atoms with Crippen molar-refractivity contribution in [1.29, 1.82) is 0 Å². The Bertz CT molecular complexity index is 868. The smallest absolute Gasteiger partial charge is 0.208 e. The summed E-state index contributed by atoms with van der Waals surface area (Å²) in [6.07, 6.45) is 1.68. The van der Waals surface area contributed by atoms with Crippen molar-refractivity contribution in [2.75, 3.05) is 6.54 Å². The molecule has 3 aromatic rings. The molecule has 3 rings (SSSR count). The van der Waals surface area contributed by atoms with Crippen LogP contribution in [0.5, 0.6) is 0 Å². The van der Waals surface area contributed by atoms with E-state index in [-0.39, 0.29) is 0 Å². The highest BCUT2D eigenvalue weighted by Gasteiger charge is 2.22. The van der Waals surface area contributed by atoms with Gasteiger partial charge in [0.25, 0.3) is 0 Å². The largest absolute Gasteiger partial charge is 0.345 e. The van der Waals surface area contributed by atoms with Crippen LogP contribution in [0, 0.1) is 0 Å². The first-order chi connectivity index (χ1) is 10.1. The molecule has 0 fully saturated rings. The Balaban J connectivity index is 2.26. The molecule has 0 spiro atoms. The first-order valence-corrected chi connectivity index (χ1v) is 8.21. The number of aromatic nitrogens is 1. The zero-order valence-corrected chi connectivity index (χ0v) is 12.3. The highest BCUT2D eigenvalue weighted by molar-refractivity contribution is 7.91. The molecule has 1 heterocycles. The summed E-state index contributed by atoms with van der Waals surface area (Å²) in [7, 11) is -3.52. The number of rotatable bonds is 4. The molecule has 0 saturated heterocycles. The minimum absolute atomic E-state index is 0.306. The van der Waals surface area contributed by atoms with Crippen molar-refractivity contribution in [3.8, 4) is 0 Å². The number of sulfone groups is 1. The second kappa shape index (κ2) is 5.35. The van der Waals surface area contributed by atoms with Gasteiger partial charge < -0.3 is 10.3 Å². The lowest BCUT2D eigenvalue weighted by Gasteiger charge is -2.02. The van der Waals surface area contributed by atoms with Crippen molar-refractivity contribution in [2.24, 2.45) is 5.73 Å². The van der Waals surface area contributed by atoms with E-state index < -0.39 is 9.84 Å². The average Bonchev–Trinajstić information content (AvgIpc) is 2.88. The van der Waals surface area contributed by atoms with E-state index in [0.29, 0.717) is 22.9 Å². The summed E-state index contributed by atoms with van der Waals surface area (Å²) in [6.45, 7) is 1.05. The van der Waals surface area contributed by atoms with Crippen molar-refractivity contribution in [1.82, 2.24) is 4.57 Å². The molecule has 5 heteroatoms. The standard InChI is InChI=1S/C16H16N2O2S/c17-10-11-18-12-16(14-8-4-5-9-15(14)18)21(19,20)13-6-2-1-3-7-13/h1-9,12H,10-11,17H2. The van der Waals surface area contributed by atoms with Crippen LogP contribution in [-0.4, -0.2) is 19.5 Å². The Kier molecular flexibility index (Phi) is 3.53. The van der Waals surface area contributed by atoms with Crippen molar-refractivity contribution in [2.45, 2.75) is 16.3 Å². The Morgan fingerprint density at radius 2 is 1.62 bits per heavy atom. The number of fused-ring (bicyclic) bond motifs is 1. The number of hydrogen-bond acceptors (Lipinski definition) is 3. The van der Waals surface area contributed by atoms with Gasteiger partial charge in [0.05, 0.1) is 9.79 Å². The van der Waals surface area contributed by atoms with Gasteiger partial charge in [0.15, 0.2) is 0 Å². The van der Waals surface area contributed by atoms with E-state index in [1.165, 1.54) is 0 Å². The molecule has 2 aromatic carbocycles. The van der Waals surface area contributed by atoms with Crippen molar-refractivity contribution >= 4 is 20.7 Å². The molecule has 0 aliphatic heterocycles. The van der Waals surface area contributed by atoms with Crippen LogP contribution in [-0.2, 0) is 16.4 Å². The van der Waals surface area contributed by atoms with E-state index in [0.717, 1.165) is 10.9 Å². The van der Waals surface area contributed by atoms with Gasteiger partial charge in [-0.2, -0.15) is 0 Å². The van der Waals surface area contributed by atoms with Crippen LogP contribution in [0.3, 0.4) is 0 Å². The van der Waals surface area contributed by atoms with Crippen molar-refractivity contribution < 1.29 is 8.42 Å². The normalized spacial score (nSPS) is 11.9. The Hall–Kier alpha value is -2.11. The number of benzene rings is 2. The first kappa shape index (κ1) is 13.9. The fraction of sp³-hybridized carbons (Fsp3) is 0.125. The summed E-state index contributed by atoms with van der Waals surface area (Å²) < 4.78 is 27.5. The second-order valence-corrected chi connectivity index (χ2v) is 6.73. The Morgan fingerprint density at radius 3 is 2.33 bits per heavy atom. The summed E-state index contributed by atoms with van der Waals surface area (Å²) in [6, 6.07) is 16.0. The quantitative estimate of drug-likeness (QED) is 0.805. The van der Waals surface area contributed by atoms with Gasteiger partial charge in [0.2, 0.25) is 9.84 Å². The fourth-order valence-electron chi connectivity index (χ4n) is 2.48. The maximum absolute atomic E-state index is 12.8. The predicted molar refractivity (Wildman–Crippen MR) is 82.9 cm³/mol. The SMILES string of the molecule is NCCn1cc(S(=O)(=O)c2ccccc2)c2ccccc21. The summed E-state index contributed by atoms with van der Waals surface area (Å²) >= 11 is 0. The highest BCUT2D eigenvalue weighted by Crippen LogP contribution is 2.29. The number of nitrogens with zero attached hydrogens (tertiary/aromatic N) is 1. The van der Waals surface area contributed by atoms with Gasteiger partial charge in [0.1, 0.15) is 0 Å². The summed E-state index contributed by atoms with van der Waals surface area (Å²) in [4.78, 5) is 0.637. The molecular weight excluding hydrogens is 284 g/mol. The van der Waals surface area contributed by atoms with Crippen LogP contribution in [0.15, 0.2) is 70.6 Å².